The summed E-state index contributed by atoms with van der Waals surface area (Å²) in [4.78, 5) is 33.9. The number of rotatable bonds is 2. The first kappa shape index (κ1) is 16.4. The fourth-order valence-electron chi connectivity index (χ4n) is 3.43. The first-order chi connectivity index (χ1) is 12.5. The number of nitrogens with one attached hydrogen (secondary N) is 1. The molecule has 1 aromatic carbocycles. The van der Waals surface area contributed by atoms with E-state index in [1.54, 1.807) is 17.0 Å². The summed E-state index contributed by atoms with van der Waals surface area (Å²) in [5.74, 6) is 1.52. The van der Waals surface area contributed by atoms with Gasteiger partial charge in [-0.25, -0.2) is 4.98 Å². The van der Waals surface area contributed by atoms with E-state index in [2.05, 4.69) is 38.6 Å². The molecule has 0 saturated heterocycles. The molecule has 0 aliphatic carbocycles. The molecule has 8 heteroatoms. The van der Waals surface area contributed by atoms with E-state index in [-0.39, 0.29) is 23.6 Å². The Kier molecular flexibility index (Phi) is 3.82. The van der Waals surface area contributed by atoms with E-state index < -0.39 is 5.56 Å². The summed E-state index contributed by atoms with van der Waals surface area (Å²) in [5.41, 5.74) is 0.636. The van der Waals surface area contributed by atoms with Gasteiger partial charge >= 0.3 is 0 Å². The largest absolute Gasteiger partial charge is 0.328 e. The van der Waals surface area contributed by atoms with Crippen molar-refractivity contribution in [1.29, 1.82) is 0 Å². The van der Waals surface area contributed by atoms with Crippen LogP contribution in [-0.2, 0) is 6.54 Å². The van der Waals surface area contributed by atoms with Crippen molar-refractivity contribution < 1.29 is 4.79 Å². The SMILES string of the molecule is CC(C)c1nnc2n1[C@@H](C)CN(C(=O)c1nc3ccccc3[nH]c1=O)C2. The molecule has 2 aromatic heterocycles. The smallest absolute Gasteiger partial charge is 0.280 e. The van der Waals surface area contributed by atoms with Crippen LogP contribution in [0.1, 0.15) is 54.9 Å². The number of H-pyrrole nitrogens is 1. The molecular weight excluding hydrogens is 332 g/mol. The van der Waals surface area contributed by atoms with Gasteiger partial charge in [0.2, 0.25) is 0 Å². The van der Waals surface area contributed by atoms with Gasteiger partial charge in [-0.15, -0.1) is 10.2 Å². The summed E-state index contributed by atoms with van der Waals surface area (Å²) in [7, 11) is 0. The fraction of sp³-hybridized carbons (Fsp3) is 0.389. The summed E-state index contributed by atoms with van der Waals surface area (Å²) < 4.78 is 2.09. The number of benzene rings is 1. The highest BCUT2D eigenvalue weighted by atomic mass is 16.2. The lowest BCUT2D eigenvalue weighted by Crippen LogP contribution is -2.43. The maximum absolute atomic E-state index is 12.9. The van der Waals surface area contributed by atoms with Gasteiger partial charge in [0.15, 0.2) is 11.5 Å². The van der Waals surface area contributed by atoms with E-state index in [9.17, 15) is 9.59 Å². The minimum atomic E-state index is -0.476. The predicted octanol–water partition coefficient (Wildman–Crippen LogP) is 1.85. The van der Waals surface area contributed by atoms with Crippen LogP contribution in [0.25, 0.3) is 11.0 Å². The van der Waals surface area contributed by atoms with Crippen LogP contribution in [-0.4, -0.2) is 42.1 Å². The number of amides is 1. The van der Waals surface area contributed by atoms with Crippen molar-refractivity contribution >= 4 is 16.9 Å². The Labute approximate surface area is 149 Å². The highest BCUT2D eigenvalue weighted by Crippen LogP contribution is 2.25. The summed E-state index contributed by atoms with van der Waals surface area (Å²) in [6.07, 6.45) is 0. The zero-order chi connectivity index (χ0) is 18.4. The second kappa shape index (κ2) is 6.05. The maximum Gasteiger partial charge on any atom is 0.280 e. The monoisotopic (exact) mass is 352 g/mol. The minimum absolute atomic E-state index is 0.0367. The van der Waals surface area contributed by atoms with Gasteiger partial charge in [-0.05, 0) is 19.1 Å². The predicted molar refractivity (Wildman–Crippen MR) is 95.9 cm³/mol. The van der Waals surface area contributed by atoms with Crippen molar-refractivity contribution in [2.24, 2.45) is 0 Å². The van der Waals surface area contributed by atoms with E-state index in [1.807, 2.05) is 19.1 Å². The Hall–Kier alpha value is -3.03. The van der Waals surface area contributed by atoms with Gasteiger partial charge in [-0.1, -0.05) is 26.0 Å². The first-order valence-electron chi connectivity index (χ1n) is 8.67. The van der Waals surface area contributed by atoms with E-state index in [0.29, 0.717) is 24.1 Å². The summed E-state index contributed by atoms with van der Waals surface area (Å²) >= 11 is 0. The molecule has 26 heavy (non-hydrogen) atoms. The fourth-order valence-corrected chi connectivity index (χ4v) is 3.43. The molecule has 0 unspecified atom stereocenters. The molecule has 1 N–H and O–H groups in total. The molecule has 1 atom stereocenters. The maximum atomic E-state index is 12.9. The molecule has 134 valence electrons. The van der Waals surface area contributed by atoms with Crippen LogP contribution in [0.15, 0.2) is 29.1 Å². The third-order valence-electron chi connectivity index (χ3n) is 4.66. The van der Waals surface area contributed by atoms with Crippen LogP contribution in [0.3, 0.4) is 0 Å². The highest BCUT2D eigenvalue weighted by Gasteiger charge is 2.31. The molecule has 1 amide bonds. The number of aromatic amines is 1. The van der Waals surface area contributed by atoms with Crippen molar-refractivity contribution in [2.45, 2.75) is 39.3 Å². The molecule has 3 heterocycles. The third-order valence-corrected chi connectivity index (χ3v) is 4.66. The highest BCUT2D eigenvalue weighted by molar-refractivity contribution is 5.93. The molecule has 0 saturated carbocycles. The van der Waals surface area contributed by atoms with Gasteiger partial charge in [0.25, 0.3) is 11.5 Å². The number of hydrogen-bond acceptors (Lipinski definition) is 5. The standard InChI is InChI=1S/C18H20N6O2/c1-10(2)16-22-21-14-9-23(8-11(3)24(14)16)18(26)15-17(25)20-13-7-5-4-6-12(13)19-15/h4-7,10-11H,8-9H2,1-3H3,(H,20,25)/t11-/m0/s1. The van der Waals surface area contributed by atoms with Crippen molar-refractivity contribution in [3.05, 3.63) is 52.0 Å². The second-order valence-electron chi connectivity index (χ2n) is 6.97. The van der Waals surface area contributed by atoms with Gasteiger partial charge in [-0.3, -0.25) is 9.59 Å². The van der Waals surface area contributed by atoms with E-state index in [1.165, 1.54) is 0 Å². The topological polar surface area (TPSA) is 96.8 Å². The van der Waals surface area contributed by atoms with Crippen molar-refractivity contribution in [1.82, 2.24) is 29.6 Å². The molecule has 0 fully saturated rings. The number of carbonyl (C=O) groups excluding carboxylic acids is 1. The van der Waals surface area contributed by atoms with Gasteiger partial charge in [0, 0.05) is 12.5 Å². The normalized spacial score (nSPS) is 16.9. The van der Waals surface area contributed by atoms with Gasteiger partial charge in [-0.2, -0.15) is 0 Å². The number of fused-ring (bicyclic) bond motifs is 2. The molecule has 8 nitrogen and oxygen atoms in total. The third kappa shape index (κ3) is 2.58. The Morgan fingerprint density at radius 2 is 2.04 bits per heavy atom. The summed E-state index contributed by atoms with van der Waals surface area (Å²) in [6, 6.07) is 7.20. The number of para-hydroxylation sites is 2. The molecule has 3 aromatic rings. The van der Waals surface area contributed by atoms with Crippen LogP contribution in [0.5, 0.6) is 0 Å². The lowest BCUT2D eigenvalue weighted by atomic mass is 10.1. The molecule has 1 aliphatic heterocycles. The van der Waals surface area contributed by atoms with Gasteiger partial charge < -0.3 is 14.5 Å². The Bertz CT molecular complexity index is 1050. The van der Waals surface area contributed by atoms with Crippen LogP contribution in [0.2, 0.25) is 0 Å². The lowest BCUT2D eigenvalue weighted by Gasteiger charge is -2.32. The van der Waals surface area contributed by atoms with Gasteiger partial charge in [0.1, 0.15) is 5.82 Å². The number of aromatic nitrogens is 5. The van der Waals surface area contributed by atoms with Crippen LogP contribution < -0.4 is 5.56 Å². The van der Waals surface area contributed by atoms with E-state index in [4.69, 9.17) is 0 Å². The Morgan fingerprint density at radius 3 is 2.81 bits per heavy atom. The number of hydrogen-bond donors (Lipinski definition) is 1. The van der Waals surface area contributed by atoms with Crippen molar-refractivity contribution in [2.75, 3.05) is 6.54 Å². The molecule has 0 bridgehead atoms. The molecule has 0 spiro atoms. The molecule has 4 rings (SSSR count). The lowest BCUT2D eigenvalue weighted by molar-refractivity contribution is 0.0671. The zero-order valence-electron chi connectivity index (χ0n) is 14.9. The first-order valence-corrected chi connectivity index (χ1v) is 8.67. The molecule has 0 radical (unpaired) electrons. The quantitative estimate of drug-likeness (QED) is 0.759. The average molecular weight is 352 g/mol. The summed E-state index contributed by atoms with van der Waals surface area (Å²) in [6.45, 7) is 6.96. The average Bonchev–Trinajstić information content (AvgIpc) is 3.05. The second-order valence-corrected chi connectivity index (χ2v) is 6.97. The van der Waals surface area contributed by atoms with Crippen LogP contribution in [0.4, 0.5) is 0 Å². The van der Waals surface area contributed by atoms with E-state index >= 15 is 0 Å². The summed E-state index contributed by atoms with van der Waals surface area (Å²) in [5, 5.41) is 8.50. The zero-order valence-corrected chi connectivity index (χ0v) is 14.9. The van der Waals surface area contributed by atoms with Gasteiger partial charge in [0.05, 0.1) is 23.6 Å². The molecular formula is C18H20N6O2. The van der Waals surface area contributed by atoms with Crippen molar-refractivity contribution in [3.8, 4) is 0 Å². The number of nitrogens with zero attached hydrogens (tertiary/aromatic N) is 5. The molecule has 1 aliphatic rings. The van der Waals surface area contributed by atoms with Crippen LogP contribution in [0, 0.1) is 0 Å². The number of carbonyl (C=O) groups is 1. The van der Waals surface area contributed by atoms with Crippen LogP contribution >= 0.6 is 0 Å². The Morgan fingerprint density at radius 1 is 1.27 bits per heavy atom. The van der Waals surface area contributed by atoms with E-state index in [0.717, 1.165) is 11.6 Å². The Balaban J connectivity index is 1.69. The minimum Gasteiger partial charge on any atom is -0.328 e. The van der Waals surface area contributed by atoms with Crippen molar-refractivity contribution in [3.63, 3.8) is 0 Å².